The van der Waals surface area contributed by atoms with E-state index in [9.17, 15) is 14.4 Å². The van der Waals surface area contributed by atoms with E-state index in [0.29, 0.717) is 46.7 Å². The molecule has 1 aromatic carbocycles. The van der Waals surface area contributed by atoms with Gasteiger partial charge in [0.25, 0.3) is 5.56 Å². The lowest BCUT2D eigenvalue weighted by molar-refractivity contribution is 0.256. The SMILES string of the molecule is C=C/C(C#N)=C(F)\C=C(/C)c1nc(NCC2CCCCCN2C)n(C)c(=O)c1-c1ccc(OC)cc1. The molecule has 8 heteroatoms. The third-order valence-corrected chi connectivity index (χ3v) is 6.64. The van der Waals surface area contributed by atoms with Crippen LogP contribution in [0.2, 0.25) is 0 Å². The van der Waals surface area contributed by atoms with Crippen molar-refractivity contribution in [2.24, 2.45) is 7.05 Å². The monoisotopic (exact) mass is 491 g/mol. The van der Waals surface area contributed by atoms with E-state index in [1.807, 2.05) is 0 Å². The first-order chi connectivity index (χ1) is 17.3. The summed E-state index contributed by atoms with van der Waals surface area (Å²) in [6, 6.07) is 9.20. The number of likely N-dealkylation sites (N-methyl/N-ethyl adjacent to an activating group) is 1. The van der Waals surface area contributed by atoms with E-state index in [0.717, 1.165) is 19.0 Å². The minimum absolute atomic E-state index is 0.182. The average Bonchev–Trinajstić information content (AvgIpc) is 3.09. The molecule has 190 valence electrons. The van der Waals surface area contributed by atoms with Crippen LogP contribution in [0.1, 0.15) is 38.3 Å². The van der Waals surface area contributed by atoms with Crippen molar-refractivity contribution in [3.05, 3.63) is 70.4 Å². The van der Waals surface area contributed by atoms with Gasteiger partial charge in [0.05, 0.1) is 23.9 Å². The van der Waals surface area contributed by atoms with Gasteiger partial charge in [-0.05, 0) is 68.8 Å². The molecule has 3 rings (SSSR count). The third kappa shape index (κ3) is 6.10. The van der Waals surface area contributed by atoms with E-state index >= 15 is 0 Å². The first-order valence-electron chi connectivity index (χ1n) is 12.1. The largest absolute Gasteiger partial charge is 0.497 e. The Morgan fingerprint density at radius 2 is 2.03 bits per heavy atom. The van der Waals surface area contributed by atoms with Gasteiger partial charge in [-0.1, -0.05) is 31.6 Å². The van der Waals surface area contributed by atoms with Gasteiger partial charge in [0, 0.05) is 19.6 Å². The Morgan fingerprint density at radius 1 is 1.31 bits per heavy atom. The number of anilines is 1. The van der Waals surface area contributed by atoms with Crippen LogP contribution in [0, 0.1) is 11.3 Å². The minimum Gasteiger partial charge on any atom is -0.497 e. The van der Waals surface area contributed by atoms with Crippen LogP contribution in [-0.2, 0) is 7.05 Å². The highest BCUT2D eigenvalue weighted by Gasteiger charge is 2.21. The molecule has 1 aliphatic heterocycles. The van der Waals surface area contributed by atoms with Gasteiger partial charge in [-0.3, -0.25) is 9.36 Å². The molecular formula is C28H34FN5O2. The highest BCUT2D eigenvalue weighted by atomic mass is 19.1. The molecule has 0 saturated carbocycles. The number of aromatic nitrogens is 2. The molecule has 0 amide bonds. The normalized spacial score (nSPS) is 17.6. The van der Waals surface area contributed by atoms with Crippen LogP contribution in [0.25, 0.3) is 16.7 Å². The zero-order valence-corrected chi connectivity index (χ0v) is 21.5. The van der Waals surface area contributed by atoms with Crippen LogP contribution < -0.4 is 15.6 Å². The van der Waals surface area contributed by atoms with Crippen molar-refractivity contribution < 1.29 is 9.13 Å². The summed E-state index contributed by atoms with van der Waals surface area (Å²) in [6.07, 6.45) is 7.03. The van der Waals surface area contributed by atoms with E-state index in [4.69, 9.17) is 9.72 Å². The molecule has 1 saturated heterocycles. The number of halogens is 1. The maximum atomic E-state index is 14.8. The van der Waals surface area contributed by atoms with Gasteiger partial charge >= 0.3 is 0 Å². The highest BCUT2D eigenvalue weighted by Crippen LogP contribution is 2.29. The van der Waals surface area contributed by atoms with Crippen molar-refractivity contribution >= 4 is 11.5 Å². The molecule has 1 aromatic heterocycles. The molecule has 1 fully saturated rings. The lowest BCUT2D eigenvalue weighted by Crippen LogP contribution is -2.38. The van der Waals surface area contributed by atoms with E-state index in [2.05, 4.69) is 23.8 Å². The molecule has 36 heavy (non-hydrogen) atoms. The second-order valence-electron chi connectivity index (χ2n) is 9.02. The number of rotatable bonds is 8. The van der Waals surface area contributed by atoms with Gasteiger partial charge in [0.15, 0.2) is 0 Å². The number of hydrogen-bond donors (Lipinski definition) is 1. The van der Waals surface area contributed by atoms with Crippen molar-refractivity contribution in [2.75, 3.05) is 32.6 Å². The number of methoxy groups -OCH3 is 1. The van der Waals surface area contributed by atoms with Crippen LogP contribution in [0.5, 0.6) is 5.75 Å². The summed E-state index contributed by atoms with van der Waals surface area (Å²) in [5, 5.41) is 12.5. The Bertz CT molecular complexity index is 1250. The molecule has 2 aromatic rings. The standard InChI is InChI=1S/C28H34FN5O2/c1-6-20(17-30)24(29)16-19(2)26-25(21-11-13-23(36-5)14-12-21)27(35)34(4)28(32-26)31-18-22-10-8-7-9-15-33(22)3/h6,11-14,16,22H,1,7-10,15,18H2,2-5H3,(H,31,32)/b19-16+,24-20-. The Balaban J connectivity index is 2.11. The number of allylic oxidation sites excluding steroid dienone is 5. The van der Waals surface area contributed by atoms with Crippen molar-refractivity contribution in [2.45, 2.75) is 38.6 Å². The first kappa shape index (κ1) is 26.9. The second kappa shape index (κ2) is 12.3. The molecular weight excluding hydrogens is 457 g/mol. The number of likely N-dealkylation sites (tertiary alicyclic amines) is 1. The molecule has 1 atom stereocenters. The third-order valence-electron chi connectivity index (χ3n) is 6.64. The first-order valence-corrected chi connectivity index (χ1v) is 12.1. The molecule has 0 aliphatic carbocycles. The van der Waals surface area contributed by atoms with Crippen LogP contribution in [0.3, 0.4) is 0 Å². The molecule has 1 aliphatic rings. The summed E-state index contributed by atoms with van der Waals surface area (Å²) in [7, 11) is 5.37. The number of benzene rings is 1. The summed E-state index contributed by atoms with van der Waals surface area (Å²) in [5.74, 6) is 0.329. The van der Waals surface area contributed by atoms with Gasteiger partial charge in [0.2, 0.25) is 5.95 Å². The molecule has 1 unspecified atom stereocenters. The van der Waals surface area contributed by atoms with Gasteiger partial charge in [-0.15, -0.1) is 0 Å². The van der Waals surface area contributed by atoms with Crippen molar-refractivity contribution in [3.63, 3.8) is 0 Å². The van der Waals surface area contributed by atoms with E-state index < -0.39 is 5.83 Å². The molecule has 0 spiro atoms. The lowest BCUT2D eigenvalue weighted by Gasteiger charge is -2.26. The number of nitrogens with one attached hydrogen (secondary N) is 1. The fraction of sp³-hybridized carbons (Fsp3) is 0.393. The topological polar surface area (TPSA) is 83.2 Å². The zero-order chi connectivity index (χ0) is 26.2. The summed E-state index contributed by atoms with van der Waals surface area (Å²) in [4.78, 5) is 20.7. The molecule has 1 N–H and O–H groups in total. The van der Waals surface area contributed by atoms with Gasteiger partial charge in [-0.2, -0.15) is 5.26 Å². The predicted octanol–water partition coefficient (Wildman–Crippen LogP) is 5.08. The minimum atomic E-state index is -0.734. The van der Waals surface area contributed by atoms with Crippen molar-refractivity contribution in [1.82, 2.24) is 14.5 Å². The van der Waals surface area contributed by atoms with E-state index in [1.54, 1.807) is 51.4 Å². The number of nitrogens with zero attached hydrogens (tertiary/aromatic N) is 4. The fourth-order valence-electron chi connectivity index (χ4n) is 4.38. The van der Waals surface area contributed by atoms with E-state index in [-0.39, 0.29) is 11.1 Å². The fourth-order valence-corrected chi connectivity index (χ4v) is 4.38. The smallest absolute Gasteiger partial charge is 0.263 e. The average molecular weight is 492 g/mol. The van der Waals surface area contributed by atoms with Crippen molar-refractivity contribution in [3.8, 4) is 22.9 Å². The molecule has 7 nitrogen and oxygen atoms in total. The van der Waals surface area contributed by atoms with Crippen LogP contribution in [0.15, 0.2) is 59.2 Å². The van der Waals surface area contributed by atoms with Gasteiger partial charge in [0.1, 0.15) is 17.6 Å². The van der Waals surface area contributed by atoms with Gasteiger partial charge in [-0.25, -0.2) is 9.37 Å². The van der Waals surface area contributed by atoms with E-state index in [1.165, 1.54) is 29.9 Å². The predicted molar refractivity (Wildman–Crippen MR) is 142 cm³/mol. The maximum Gasteiger partial charge on any atom is 0.263 e. The Labute approximate surface area is 212 Å². The number of hydrogen-bond acceptors (Lipinski definition) is 6. The molecule has 2 heterocycles. The zero-order valence-electron chi connectivity index (χ0n) is 21.5. The van der Waals surface area contributed by atoms with Gasteiger partial charge < -0.3 is 15.0 Å². The Hall–Kier alpha value is -3.70. The Kier molecular flexibility index (Phi) is 9.20. The second-order valence-corrected chi connectivity index (χ2v) is 9.02. The lowest BCUT2D eigenvalue weighted by atomic mass is 10.00. The maximum absolute atomic E-state index is 14.8. The summed E-state index contributed by atoms with van der Waals surface area (Å²) >= 11 is 0. The molecule has 0 radical (unpaired) electrons. The highest BCUT2D eigenvalue weighted by molar-refractivity contribution is 5.79. The molecule has 0 bridgehead atoms. The summed E-state index contributed by atoms with van der Waals surface area (Å²) in [6.45, 7) is 6.85. The number of ether oxygens (including phenoxy) is 1. The van der Waals surface area contributed by atoms with Crippen LogP contribution in [0.4, 0.5) is 10.3 Å². The van der Waals surface area contributed by atoms with Crippen LogP contribution >= 0.6 is 0 Å². The Morgan fingerprint density at radius 3 is 2.67 bits per heavy atom. The summed E-state index contributed by atoms with van der Waals surface area (Å²) in [5.41, 5.74) is 1.30. The quantitative estimate of drug-likeness (QED) is 0.410. The van der Waals surface area contributed by atoms with Crippen LogP contribution in [-0.4, -0.2) is 47.7 Å². The number of nitriles is 1. The van der Waals surface area contributed by atoms with Crippen molar-refractivity contribution in [1.29, 1.82) is 5.26 Å². The summed E-state index contributed by atoms with van der Waals surface area (Å²) < 4.78 is 21.5.